The molecule has 9 nitrogen and oxygen atoms in total. The van der Waals surface area contributed by atoms with Crippen molar-refractivity contribution >= 4 is 11.8 Å². The molecule has 1 saturated carbocycles. The molecule has 1 fully saturated rings. The average Bonchev–Trinajstić information content (AvgIpc) is 3.58. The molecule has 248 valence electrons. The topological polar surface area (TPSA) is 120 Å². The van der Waals surface area contributed by atoms with Crippen molar-refractivity contribution in [3.05, 3.63) is 71.3 Å². The van der Waals surface area contributed by atoms with Crippen molar-refractivity contribution in [3.63, 3.8) is 0 Å². The number of amides is 1. The fraction of sp³-hybridized carbons (Fsp3) is 0.484. The lowest BCUT2D eigenvalue weighted by Crippen LogP contribution is -2.45. The van der Waals surface area contributed by atoms with Crippen molar-refractivity contribution in [2.24, 2.45) is 5.41 Å². The number of anilines is 1. The summed E-state index contributed by atoms with van der Waals surface area (Å²) >= 11 is 0. The van der Waals surface area contributed by atoms with Gasteiger partial charge in [-0.1, -0.05) is 42.5 Å². The van der Waals surface area contributed by atoms with E-state index in [2.05, 4.69) is 20.5 Å². The fourth-order valence-electron chi connectivity index (χ4n) is 5.27. The van der Waals surface area contributed by atoms with Crippen LogP contribution in [0.2, 0.25) is 0 Å². The highest BCUT2D eigenvalue weighted by Gasteiger charge is 2.61. The zero-order chi connectivity index (χ0) is 33.5. The van der Waals surface area contributed by atoms with Gasteiger partial charge in [0.25, 0.3) is 11.8 Å². The Bertz CT molecular complexity index is 1600. The van der Waals surface area contributed by atoms with Crippen LogP contribution >= 0.6 is 0 Å². The summed E-state index contributed by atoms with van der Waals surface area (Å²) in [5.74, 6) is -1.77. The summed E-state index contributed by atoms with van der Waals surface area (Å²) in [6.45, 7) is 4.08. The number of halogens is 6. The van der Waals surface area contributed by atoms with Gasteiger partial charge in [0.1, 0.15) is 11.7 Å². The van der Waals surface area contributed by atoms with E-state index in [1.165, 1.54) is 32.9 Å². The van der Waals surface area contributed by atoms with Gasteiger partial charge in [-0.3, -0.25) is 5.32 Å². The van der Waals surface area contributed by atoms with Gasteiger partial charge >= 0.3 is 18.4 Å². The molecule has 0 saturated heterocycles. The molecule has 3 aromatic rings. The number of nitrogens with zero attached hydrogens (tertiary/aromatic N) is 3. The Morgan fingerprint density at radius 1 is 1.04 bits per heavy atom. The minimum atomic E-state index is -5.10. The van der Waals surface area contributed by atoms with Crippen LogP contribution < -0.4 is 5.32 Å². The Balaban J connectivity index is 1.70. The summed E-state index contributed by atoms with van der Waals surface area (Å²) in [5.41, 5.74) is -8.13. The Morgan fingerprint density at radius 3 is 2.35 bits per heavy atom. The Hall–Kier alpha value is -3.98. The minimum absolute atomic E-state index is 0.158. The molecule has 46 heavy (non-hydrogen) atoms. The largest absolute Gasteiger partial charge is 0.444 e. The normalized spacial score (nSPS) is 21.5. The number of fused-ring (bicyclic) bond motifs is 5. The molecule has 3 heterocycles. The van der Waals surface area contributed by atoms with Gasteiger partial charge in [-0.2, -0.15) is 26.3 Å². The Kier molecular flexibility index (Phi) is 8.70. The molecule has 1 aliphatic carbocycles. The number of ether oxygens (including phenoxy) is 2. The second-order valence-corrected chi connectivity index (χ2v) is 12.4. The van der Waals surface area contributed by atoms with Crippen LogP contribution in [0, 0.1) is 5.41 Å². The number of aliphatic hydroxyl groups is 1. The molecule has 15 heteroatoms. The summed E-state index contributed by atoms with van der Waals surface area (Å²) in [6.07, 6.45) is -10.0. The quantitative estimate of drug-likeness (QED) is 0.214. The third kappa shape index (κ3) is 6.89. The number of carbonyl (C=O) groups excluding carboxylic acids is 1. The lowest BCUT2D eigenvalue weighted by atomic mass is 9.88. The van der Waals surface area contributed by atoms with Gasteiger partial charge in [-0.15, -0.1) is 10.2 Å². The zero-order valence-electron chi connectivity index (χ0n) is 25.1. The lowest BCUT2D eigenvalue weighted by molar-refractivity contribution is -0.295. The highest BCUT2D eigenvalue weighted by molar-refractivity contribution is 5.89. The second-order valence-electron chi connectivity index (χ2n) is 12.4. The summed E-state index contributed by atoms with van der Waals surface area (Å²) < 4.78 is 105. The maximum atomic E-state index is 15.0. The molecule has 1 spiro atoms. The van der Waals surface area contributed by atoms with Crippen LogP contribution in [0.4, 0.5) is 36.8 Å². The van der Waals surface area contributed by atoms with Crippen LogP contribution in [-0.2, 0) is 27.9 Å². The number of pyridine rings is 1. The number of carbonyl (C=O) groups is 1. The van der Waals surface area contributed by atoms with Gasteiger partial charge in [-0.25, -0.2) is 9.78 Å². The smallest absolute Gasteiger partial charge is 0.426 e. The van der Waals surface area contributed by atoms with E-state index in [0.29, 0.717) is 24.5 Å². The van der Waals surface area contributed by atoms with Crippen LogP contribution in [0.15, 0.2) is 53.0 Å². The van der Waals surface area contributed by atoms with E-state index in [1.807, 2.05) is 0 Å². The number of nitrogens with one attached hydrogen (secondary N) is 1. The standard InChI is InChI=1S/C31H32F6N4O5/c1-27(2,3)46-26(43)38-20-16-19(30(32,33)34)21-23(42)28(14-15-28)12-8-5-9-13-29(31(35,36)37,44-17-18-10-6-4-7-11-18)25-41-40-24(45-25)22(20)39-21/h4-7,9-11,16,23,42H,8,12-15,17H2,1-3H3,(H,38,43)/t23?,29-/m1/s1. The van der Waals surface area contributed by atoms with Crippen LogP contribution in [-0.4, -0.2) is 38.2 Å². The summed E-state index contributed by atoms with van der Waals surface area (Å²) in [4.78, 5) is 16.7. The molecule has 2 N–H and O–H groups in total. The Labute approximate surface area is 260 Å². The molecule has 4 bridgehead atoms. The van der Waals surface area contributed by atoms with E-state index >= 15 is 13.2 Å². The van der Waals surface area contributed by atoms with Gasteiger partial charge in [0, 0.05) is 11.8 Å². The molecule has 1 amide bonds. The number of aliphatic hydroxyl groups excluding tert-OH is 1. The fourth-order valence-corrected chi connectivity index (χ4v) is 5.27. The first-order chi connectivity index (χ1) is 21.4. The lowest BCUT2D eigenvalue weighted by Gasteiger charge is -2.32. The van der Waals surface area contributed by atoms with Gasteiger partial charge < -0.3 is 19.0 Å². The van der Waals surface area contributed by atoms with E-state index in [1.54, 1.807) is 30.3 Å². The summed E-state index contributed by atoms with van der Waals surface area (Å²) in [7, 11) is 0. The van der Waals surface area contributed by atoms with Gasteiger partial charge in [0.2, 0.25) is 5.60 Å². The molecule has 1 aliphatic heterocycles. The molecular formula is C31H32F6N4O5. The third-order valence-corrected chi connectivity index (χ3v) is 7.86. The maximum Gasteiger partial charge on any atom is 0.426 e. The Morgan fingerprint density at radius 2 is 1.74 bits per heavy atom. The average molecular weight is 655 g/mol. The highest BCUT2D eigenvalue weighted by atomic mass is 19.4. The van der Waals surface area contributed by atoms with E-state index in [4.69, 9.17) is 13.9 Å². The first-order valence-corrected chi connectivity index (χ1v) is 14.5. The van der Waals surface area contributed by atoms with Gasteiger partial charge in [0.15, 0.2) is 5.69 Å². The number of rotatable bonds is 4. The van der Waals surface area contributed by atoms with Crippen LogP contribution in [0.3, 0.4) is 0 Å². The number of allylic oxidation sites excluding steroid dienone is 1. The predicted molar refractivity (Wildman–Crippen MR) is 151 cm³/mol. The number of aromatic nitrogens is 3. The minimum Gasteiger partial charge on any atom is -0.444 e. The molecule has 5 rings (SSSR count). The number of hydrogen-bond donors (Lipinski definition) is 2. The highest BCUT2D eigenvalue weighted by Crippen LogP contribution is 2.59. The maximum absolute atomic E-state index is 15.0. The predicted octanol–water partition coefficient (Wildman–Crippen LogP) is 8.03. The SMILES string of the molecule is CC(C)(C)OC(=O)Nc1cc(C(F)(F)F)c2nc1-c1nnc(o1)[C@@](OCc1ccccc1)(C(F)(F)F)CC=CCCC1(CC1)C2O. The van der Waals surface area contributed by atoms with Crippen molar-refractivity contribution < 1.29 is 50.1 Å². The molecule has 2 aliphatic rings. The van der Waals surface area contributed by atoms with Crippen molar-refractivity contribution in [3.8, 4) is 11.6 Å². The number of hydrogen-bond acceptors (Lipinski definition) is 8. The molecule has 1 unspecified atom stereocenters. The molecule has 2 atom stereocenters. The van der Waals surface area contributed by atoms with Gasteiger partial charge in [-0.05, 0) is 58.1 Å². The first-order valence-electron chi connectivity index (χ1n) is 14.5. The van der Waals surface area contributed by atoms with Crippen molar-refractivity contribution in [2.45, 2.75) is 89.1 Å². The number of benzene rings is 1. The monoisotopic (exact) mass is 654 g/mol. The van der Waals surface area contributed by atoms with E-state index in [0.717, 1.165) is 0 Å². The van der Waals surface area contributed by atoms with Gasteiger partial charge in [0.05, 0.1) is 23.6 Å². The summed E-state index contributed by atoms with van der Waals surface area (Å²) in [5, 5.41) is 20.8. The molecule has 0 radical (unpaired) electrons. The van der Waals surface area contributed by atoms with E-state index in [9.17, 15) is 23.1 Å². The van der Waals surface area contributed by atoms with Crippen LogP contribution in [0.25, 0.3) is 11.6 Å². The molecular weight excluding hydrogens is 622 g/mol. The van der Waals surface area contributed by atoms with E-state index < -0.39 is 88.6 Å². The molecule has 1 aromatic carbocycles. The third-order valence-electron chi connectivity index (χ3n) is 7.86. The van der Waals surface area contributed by atoms with Crippen LogP contribution in [0.5, 0.6) is 0 Å². The first kappa shape index (κ1) is 33.4. The van der Waals surface area contributed by atoms with Crippen molar-refractivity contribution in [2.75, 3.05) is 5.32 Å². The van der Waals surface area contributed by atoms with Crippen molar-refractivity contribution in [1.82, 2.24) is 15.2 Å². The van der Waals surface area contributed by atoms with E-state index in [-0.39, 0.29) is 12.8 Å². The van der Waals surface area contributed by atoms with Crippen LogP contribution in [0.1, 0.15) is 81.7 Å². The number of alkyl halides is 6. The van der Waals surface area contributed by atoms with Crippen molar-refractivity contribution in [1.29, 1.82) is 0 Å². The second kappa shape index (κ2) is 12.0. The molecule has 2 aromatic heterocycles. The summed E-state index contributed by atoms with van der Waals surface area (Å²) in [6, 6.07) is 8.63. The zero-order valence-corrected chi connectivity index (χ0v) is 25.1.